The van der Waals surface area contributed by atoms with Crippen LogP contribution in [0.3, 0.4) is 0 Å². The van der Waals surface area contributed by atoms with Crippen LogP contribution in [0.25, 0.3) is 17.0 Å². The monoisotopic (exact) mass is 607 g/mol. The summed E-state index contributed by atoms with van der Waals surface area (Å²) in [6.45, 7) is 1.37. The van der Waals surface area contributed by atoms with Gasteiger partial charge in [-0.1, -0.05) is 23.7 Å². The van der Waals surface area contributed by atoms with Crippen molar-refractivity contribution in [3.63, 3.8) is 0 Å². The molecule has 0 saturated carbocycles. The van der Waals surface area contributed by atoms with Crippen LogP contribution in [-0.4, -0.2) is 83.3 Å². The van der Waals surface area contributed by atoms with Crippen molar-refractivity contribution < 1.29 is 32.7 Å². The Balaban J connectivity index is 0.000000587. The number of aromatic nitrogens is 1. The van der Waals surface area contributed by atoms with Crippen LogP contribution in [0, 0.1) is 0 Å². The van der Waals surface area contributed by atoms with Gasteiger partial charge in [0.1, 0.15) is 0 Å². The van der Waals surface area contributed by atoms with Crippen molar-refractivity contribution in [2.24, 2.45) is 4.99 Å². The number of fused-ring (bicyclic) bond motifs is 1. The number of rotatable bonds is 6. The molecule has 0 saturated heterocycles. The second kappa shape index (κ2) is 13.6. The number of carboxylic acids is 1. The third kappa shape index (κ3) is 9.03. The average Bonchev–Trinajstić information content (AvgIpc) is 3.25. The van der Waals surface area contributed by atoms with Crippen LogP contribution in [-0.2, 0) is 9.59 Å². The molecule has 2 amide bonds. The van der Waals surface area contributed by atoms with E-state index in [1.165, 1.54) is 11.8 Å². The summed E-state index contributed by atoms with van der Waals surface area (Å²) in [6, 6.07) is 14.7. The molecule has 9 nitrogen and oxygen atoms in total. The van der Waals surface area contributed by atoms with E-state index in [0.29, 0.717) is 32.9 Å². The number of carbonyl (C=O) groups is 3. The Kier molecular flexibility index (Phi) is 10.5. The number of amides is 2. The average molecular weight is 608 g/mol. The first kappa shape index (κ1) is 31.6. The highest BCUT2D eigenvalue weighted by Gasteiger charge is 2.38. The minimum absolute atomic E-state index is 0.106. The van der Waals surface area contributed by atoms with Gasteiger partial charge in [0.05, 0.1) is 21.1 Å². The Morgan fingerprint density at radius 3 is 2.46 bits per heavy atom. The summed E-state index contributed by atoms with van der Waals surface area (Å²) in [6.07, 6.45) is -1.53. The maximum Gasteiger partial charge on any atom is 0.490 e. The molecule has 14 heteroatoms. The van der Waals surface area contributed by atoms with Gasteiger partial charge in [-0.05, 0) is 73.9 Å². The Morgan fingerprint density at radius 2 is 1.80 bits per heavy atom. The number of likely N-dealkylation sites (N-methyl/N-ethyl adjacent to an activating group) is 2. The number of benzene rings is 2. The predicted octanol–water partition coefficient (Wildman–Crippen LogP) is 5.24. The standard InChI is InChI=1S/C25H24ClN5O2S.C2HF3O2/c1-30(2)11-12-31(3)24(33)18-7-8-19(26)21(15-18)28-25-29-23(32)22(34-25)14-16-6-9-20-17(13-16)5-4-10-27-20;3-2(4,5)1(6)7/h4-10,13-15H,11-12H2,1-3H3,(H,28,29,32);(H,6,7)/b22-14-;. The molecule has 1 aliphatic heterocycles. The van der Waals surface area contributed by atoms with Crippen molar-refractivity contribution in [3.05, 3.63) is 75.8 Å². The second-order valence-corrected chi connectivity index (χ2v) is 10.4. The van der Waals surface area contributed by atoms with Gasteiger partial charge in [-0.15, -0.1) is 0 Å². The van der Waals surface area contributed by atoms with E-state index in [1.54, 1.807) is 42.4 Å². The zero-order chi connectivity index (χ0) is 30.3. The zero-order valence-electron chi connectivity index (χ0n) is 22.1. The van der Waals surface area contributed by atoms with Gasteiger partial charge in [-0.2, -0.15) is 18.2 Å². The molecule has 0 bridgehead atoms. The van der Waals surface area contributed by atoms with E-state index in [2.05, 4.69) is 15.3 Å². The normalized spacial score (nSPS) is 14.1. The van der Waals surface area contributed by atoms with Gasteiger partial charge in [-0.25, -0.2) is 4.79 Å². The van der Waals surface area contributed by atoms with Crippen molar-refractivity contribution in [3.8, 4) is 0 Å². The minimum Gasteiger partial charge on any atom is -0.475 e. The van der Waals surface area contributed by atoms with E-state index in [4.69, 9.17) is 21.5 Å². The Morgan fingerprint density at radius 1 is 1.10 bits per heavy atom. The van der Waals surface area contributed by atoms with Crippen LogP contribution in [0.4, 0.5) is 18.9 Å². The number of aliphatic imine (C=N–C) groups is 1. The van der Waals surface area contributed by atoms with Gasteiger partial charge in [-0.3, -0.25) is 14.6 Å². The fourth-order valence-corrected chi connectivity index (χ4v) is 4.33. The van der Waals surface area contributed by atoms with Gasteiger partial charge in [0.15, 0.2) is 5.17 Å². The van der Waals surface area contributed by atoms with Crippen LogP contribution < -0.4 is 5.32 Å². The first-order valence-electron chi connectivity index (χ1n) is 11.9. The molecule has 1 aromatic heterocycles. The molecule has 0 aliphatic carbocycles. The third-order valence-corrected chi connectivity index (χ3v) is 6.70. The van der Waals surface area contributed by atoms with E-state index in [-0.39, 0.29) is 11.8 Å². The van der Waals surface area contributed by atoms with Crippen molar-refractivity contribution in [1.29, 1.82) is 0 Å². The van der Waals surface area contributed by atoms with Gasteiger partial charge in [0.25, 0.3) is 11.8 Å². The van der Waals surface area contributed by atoms with Gasteiger partial charge in [0, 0.05) is 37.3 Å². The summed E-state index contributed by atoms with van der Waals surface area (Å²) < 4.78 is 31.7. The lowest BCUT2D eigenvalue weighted by Crippen LogP contribution is -2.33. The lowest BCUT2D eigenvalue weighted by atomic mass is 10.1. The highest BCUT2D eigenvalue weighted by Crippen LogP contribution is 2.32. The quantitative estimate of drug-likeness (QED) is 0.366. The highest BCUT2D eigenvalue weighted by molar-refractivity contribution is 8.18. The lowest BCUT2D eigenvalue weighted by molar-refractivity contribution is -0.192. The Bertz CT molecular complexity index is 1530. The molecule has 2 heterocycles. The first-order valence-corrected chi connectivity index (χ1v) is 13.1. The number of anilines is 1. The molecule has 216 valence electrons. The molecule has 4 rings (SSSR count). The van der Waals surface area contributed by atoms with Crippen molar-refractivity contribution >= 4 is 69.0 Å². The van der Waals surface area contributed by atoms with Gasteiger partial charge in [0.2, 0.25) is 0 Å². The molecule has 1 aliphatic rings. The molecular weight excluding hydrogens is 583 g/mol. The van der Waals surface area contributed by atoms with Crippen LogP contribution in [0.1, 0.15) is 15.9 Å². The van der Waals surface area contributed by atoms with Crippen molar-refractivity contribution in [1.82, 2.24) is 14.8 Å². The smallest absolute Gasteiger partial charge is 0.475 e. The molecule has 2 N–H and O–H groups in total. The summed E-state index contributed by atoms with van der Waals surface area (Å²) in [5, 5.41) is 12.1. The minimum atomic E-state index is -5.08. The number of halogens is 4. The maximum atomic E-state index is 12.8. The zero-order valence-corrected chi connectivity index (χ0v) is 23.6. The predicted molar refractivity (Wildman–Crippen MR) is 154 cm³/mol. The molecular formula is C27H25ClF3N5O4S. The molecule has 0 atom stereocenters. The van der Waals surface area contributed by atoms with Crippen molar-refractivity contribution in [2.75, 3.05) is 39.5 Å². The summed E-state index contributed by atoms with van der Waals surface area (Å²) >= 11 is 7.59. The van der Waals surface area contributed by atoms with E-state index >= 15 is 0 Å². The number of amidine groups is 1. The lowest BCUT2D eigenvalue weighted by Gasteiger charge is -2.20. The van der Waals surface area contributed by atoms with Crippen LogP contribution in [0.2, 0.25) is 5.02 Å². The number of nitrogens with zero attached hydrogens (tertiary/aromatic N) is 4. The molecule has 0 spiro atoms. The first-order chi connectivity index (χ1) is 19.2. The van der Waals surface area contributed by atoms with Crippen LogP contribution in [0.15, 0.2) is 64.6 Å². The molecule has 41 heavy (non-hydrogen) atoms. The Labute approximate surface area is 242 Å². The molecule has 0 fully saturated rings. The fraction of sp³-hybridized carbons (Fsp3) is 0.222. The number of aliphatic carboxylic acids is 1. The second-order valence-electron chi connectivity index (χ2n) is 8.94. The largest absolute Gasteiger partial charge is 0.490 e. The number of hydrogen-bond acceptors (Lipinski definition) is 7. The third-order valence-electron chi connectivity index (χ3n) is 5.47. The topological polar surface area (TPSA) is 115 Å². The molecule has 0 unspecified atom stereocenters. The van der Waals surface area contributed by atoms with E-state index in [1.807, 2.05) is 49.3 Å². The van der Waals surface area contributed by atoms with Gasteiger partial charge < -0.3 is 20.2 Å². The molecule has 3 aromatic rings. The summed E-state index contributed by atoms with van der Waals surface area (Å²) in [5.74, 6) is -3.19. The van der Waals surface area contributed by atoms with Crippen LogP contribution >= 0.6 is 23.4 Å². The van der Waals surface area contributed by atoms with E-state index < -0.39 is 12.1 Å². The van der Waals surface area contributed by atoms with Crippen LogP contribution in [0.5, 0.6) is 0 Å². The van der Waals surface area contributed by atoms with E-state index in [9.17, 15) is 22.8 Å². The maximum absolute atomic E-state index is 12.8. The number of thioether (sulfide) groups is 1. The fourth-order valence-electron chi connectivity index (χ4n) is 3.34. The Hall–Kier alpha value is -3.94. The highest BCUT2D eigenvalue weighted by atomic mass is 35.5. The number of nitrogens with one attached hydrogen (secondary N) is 1. The number of carbonyl (C=O) groups excluding carboxylic acids is 2. The summed E-state index contributed by atoms with van der Waals surface area (Å²) in [7, 11) is 5.69. The number of alkyl halides is 3. The molecule has 2 aromatic carbocycles. The van der Waals surface area contributed by atoms with E-state index in [0.717, 1.165) is 23.0 Å². The summed E-state index contributed by atoms with van der Waals surface area (Å²) in [5.41, 5.74) is 2.80. The number of pyridine rings is 1. The van der Waals surface area contributed by atoms with Gasteiger partial charge >= 0.3 is 12.1 Å². The summed E-state index contributed by atoms with van der Waals surface area (Å²) in [4.78, 5) is 46.8. The van der Waals surface area contributed by atoms with Crippen molar-refractivity contribution in [2.45, 2.75) is 6.18 Å². The number of carboxylic acid groups (broad SMARTS) is 1. The SMILES string of the molecule is CN(C)CCN(C)C(=O)c1ccc(Cl)c(NC2=NC(=O)/C(=C/c3ccc4ncccc4c3)S2)c1.O=C(O)C(F)(F)F. The number of hydrogen-bond donors (Lipinski definition) is 2. The molecule has 0 radical (unpaired) electrons.